The summed E-state index contributed by atoms with van der Waals surface area (Å²) in [6, 6.07) is 4.00. The number of hydrogen-bond acceptors (Lipinski definition) is 1. The van der Waals surface area contributed by atoms with Gasteiger partial charge >= 0.3 is 6.18 Å². The average Bonchev–Trinajstić information content (AvgIpc) is 2.93. The van der Waals surface area contributed by atoms with Gasteiger partial charge in [0, 0.05) is 6.04 Å². The fourth-order valence-electron chi connectivity index (χ4n) is 2.59. The molecule has 2 aromatic rings. The van der Waals surface area contributed by atoms with E-state index in [9.17, 15) is 13.2 Å². The van der Waals surface area contributed by atoms with Crippen LogP contribution in [0, 0.1) is 5.92 Å². The summed E-state index contributed by atoms with van der Waals surface area (Å²) in [4.78, 5) is 4.31. The van der Waals surface area contributed by atoms with Crippen molar-refractivity contribution in [1.29, 1.82) is 0 Å². The topological polar surface area (TPSA) is 17.8 Å². The van der Waals surface area contributed by atoms with E-state index in [-0.39, 0.29) is 5.38 Å². The summed E-state index contributed by atoms with van der Waals surface area (Å²) in [6.45, 7) is 3.90. The third-order valence-corrected chi connectivity index (χ3v) is 3.99. The lowest BCUT2D eigenvalue weighted by atomic mass is 10.2. The second-order valence-corrected chi connectivity index (χ2v) is 6.09. The van der Waals surface area contributed by atoms with Crippen LogP contribution >= 0.6 is 11.6 Å². The maximum atomic E-state index is 12.8. The molecule has 0 bridgehead atoms. The van der Waals surface area contributed by atoms with Gasteiger partial charge in [-0.2, -0.15) is 13.2 Å². The zero-order valence-corrected chi connectivity index (χ0v) is 11.8. The first-order valence-corrected chi connectivity index (χ1v) is 6.96. The average molecular weight is 303 g/mol. The van der Waals surface area contributed by atoms with Gasteiger partial charge in [0.25, 0.3) is 0 Å². The quantitative estimate of drug-likeness (QED) is 0.719. The van der Waals surface area contributed by atoms with Crippen molar-refractivity contribution in [1.82, 2.24) is 9.55 Å². The molecule has 20 heavy (non-hydrogen) atoms. The molecule has 1 saturated carbocycles. The van der Waals surface area contributed by atoms with Crippen LogP contribution in [0.2, 0.25) is 0 Å². The molecule has 0 saturated heterocycles. The molecule has 1 aliphatic carbocycles. The summed E-state index contributed by atoms with van der Waals surface area (Å²) in [5, 5.41) is -0.329. The number of fused-ring (bicyclic) bond motifs is 1. The second kappa shape index (κ2) is 4.38. The van der Waals surface area contributed by atoms with Crippen molar-refractivity contribution in [2.75, 3.05) is 0 Å². The molecule has 0 radical (unpaired) electrons. The van der Waals surface area contributed by atoms with Crippen LogP contribution in [0.15, 0.2) is 18.2 Å². The van der Waals surface area contributed by atoms with Crippen molar-refractivity contribution in [3.63, 3.8) is 0 Å². The fraction of sp³-hybridized carbons (Fsp3) is 0.500. The molecular weight excluding hydrogens is 289 g/mol. The largest absolute Gasteiger partial charge is 0.416 e. The van der Waals surface area contributed by atoms with Crippen molar-refractivity contribution < 1.29 is 13.2 Å². The van der Waals surface area contributed by atoms with Gasteiger partial charge in [-0.1, -0.05) is 6.92 Å². The minimum absolute atomic E-state index is 0.299. The fourth-order valence-corrected chi connectivity index (χ4v) is 2.74. The predicted molar refractivity (Wildman–Crippen MR) is 71.8 cm³/mol. The highest BCUT2D eigenvalue weighted by atomic mass is 35.5. The van der Waals surface area contributed by atoms with Crippen LogP contribution in [0.4, 0.5) is 13.2 Å². The summed E-state index contributed by atoms with van der Waals surface area (Å²) in [5.74, 6) is 1.17. The van der Waals surface area contributed by atoms with Crippen LogP contribution in [0.1, 0.15) is 43.1 Å². The van der Waals surface area contributed by atoms with Crippen molar-refractivity contribution in [2.45, 2.75) is 37.9 Å². The highest BCUT2D eigenvalue weighted by Crippen LogP contribution is 2.46. The van der Waals surface area contributed by atoms with Crippen LogP contribution in [0.3, 0.4) is 0 Å². The minimum atomic E-state index is -4.35. The van der Waals surface area contributed by atoms with Gasteiger partial charge in [-0.15, -0.1) is 11.6 Å². The SMILES string of the molecule is CC(Cl)c1nc2cc(C(F)(F)F)ccc2n1C1CC1C. The first kappa shape index (κ1) is 13.7. The molecule has 0 spiro atoms. The van der Waals surface area contributed by atoms with Crippen LogP contribution in [0.5, 0.6) is 0 Å². The monoisotopic (exact) mass is 302 g/mol. The number of hydrogen-bond donors (Lipinski definition) is 0. The van der Waals surface area contributed by atoms with E-state index in [2.05, 4.69) is 11.9 Å². The highest BCUT2D eigenvalue weighted by Gasteiger charge is 2.38. The molecule has 0 N–H and O–H groups in total. The van der Waals surface area contributed by atoms with Gasteiger partial charge in [0.15, 0.2) is 0 Å². The Bertz CT molecular complexity index is 660. The smallest absolute Gasteiger partial charge is 0.323 e. The van der Waals surface area contributed by atoms with Crippen LogP contribution < -0.4 is 0 Å². The van der Waals surface area contributed by atoms with Crippen LogP contribution in [-0.4, -0.2) is 9.55 Å². The van der Waals surface area contributed by atoms with E-state index in [1.807, 2.05) is 4.57 Å². The van der Waals surface area contributed by atoms with Gasteiger partial charge in [-0.25, -0.2) is 4.98 Å². The summed E-state index contributed by atoms with van der Waals surface area (Å²) in [5.41, 5.74) is 0.420. The molecule has 3 unspecified atom stereocenters. The Balaban J connectivity index is 2.18. The lowest BCUT2D eigenvalue weighted by Crippen LogP contribution is -2.05. The van der Waals surface area contributed by atoms with Gasteiger partial charge in [0.05, 0.1) is 22.0 Å². The normalized spacial score (nSPS) is 24.1. The van der Waals surface area contributed by atoms with Gasteiger partial charge < -0.3 is 4.57 Å². The number of alkyl halides is 4. The molecule has 1 aliphatic rings. The lowest BCUT2D eigenvalue weighted by Gasteiger charge is -2.10. The Morgan fingerprint density at radius 3 is 2.55 bits per heavy atom. The summed E-state index contributed by atoms with van der Waals surface area (Å²) in [7, 11) is 0. The summed E-state index contributed by atoms with van der Waals surface area (Å²) < 4.78 is 40.3. The molecule has 3 rings (SSSR count). The van der Waals surface area contributed by atoms with E-state index < -0.39 is 11.7 Å². The number of imidazole rings is 1. The molecule has 1 heterocycles. The zero-order chi connectivity index (χ0) is 14.7. The zero-order valence-electron chi connectivity index (χ0n) is 11.1. The lowest BCUT2D eigenvalue weighted by molar-refractivity contribution is -0.137. The highest BCUT2D eigenvalue weighted by molar-refractivity contribution is 6.20. The number of nitrogens with zero attached hydrogens (tertiary/aromatic N) is 2. The van der Waals surface area contributed by atoms with E-state index in [4.69, 9.17) is 11.6 Å². The Morgan fingerprint density at radius 2 is 2.05 bits per heavy atom. The minimum Gasteiger partial charge on any atom is -0.323 e. The van der Waals surface area contributed by atoms with E-state index in [1.165, 1.54) is 6.07 Å². The van der Waals surface area contributed by atoms with Crippen molar-refractivity contribution in [3.8, 4) is 0 Å². The Labute approximate surface area is 119 Å². The molecule has 2 nitrogen and oxygen atoms in total. The molecule has 0 aliphatic heterocycles. The second-order valence-electron chi connectivity index (χ2n) is 5.44. The number of benzene rings is 1. The number of aromatic nitrogens is 2. The van der Waals surface area contributed by atoms with E-state index in [1.54, 1.807) is 6.92 Å². The number of rotatable bonds is 2. The van der Waals surface area contributed by atoms with Gasteiger partial charge in [0.2, 0.25) is 0 Å². The standard InChI is InChI=1S/C14H14ClF3N2/c1-7-5-12(7)20-11-4-3-9(14(16,17)18)6-10(11)19-13(20)8(2)15/h3-4,6-8,12H,5H2,1-2H3. The first-order chi connectivity index (χ1) is 9.29. The molecule has 108 valence electrons. The van der Waals surface area contributed by atoms with Crippen molar-refractivity contribution in [3.05, 3.63) is 29.6 Å². The van der Waals surface area contributed by atoms with Crippen LogP contribution in [-0.2, 0) is 6.18 Å². The van der Waals surface area contributed by atoms with Gasteiger partial charge in [0.1, 0.15) is 5.82 Å². The molecule has 0 amide bonds. The first-order valence-electron chi connectivity index (χ1n) is 6.52. The van der Waals surface area contributed by atoms with Crippen molar-refractivity contribution >= 4 is 22.6 Å². The molecular formula is C14H14ClF3N2. The Morgan fingerprint density at radius 1 is 1.40 bits per heavy atom. The van der Waals surface area contributed by atoms with Crippen LogP contribution in [0.25, 0.3) is 11.0 Å². The maximum absolute atomic E-state index is 12.8. The maximum Gasteiger partial charge on any atom is 0.416 e. The molecule has 6 heteroatoms. The third kappa shape index (κ3) is 2.18. The van der Waals surface area contributed by atoms with Gasteiger partial charge in [-0.3, -0.25) is 0 Å². The molecule has 1 aromatic carbocycles. The summed E-state index contributed by atoms with van der Waals surface area (Å²) >= 11 is 6.12. The van der Waals surface area contributed by atoms with E-state index in [0.29, 0.717) is 23.3 Å². The van der Waals surface area contributed by atoms with Crippen molar-refractivity contribution in [2.24, 2.45) is 5.92 Å². The predicted octanol–water partition coefficient (Wildman–Crippen LogP) is 4.94. The Kier molecular flexibility index (Phi) is 3.01. The third-order valence-electron chi connectivity index (χ3n) is 3.80. The summed E-state index contributed by atoms with van der Waals surface area (Å²) in [6.07, 6.45) is -3.33. The number of halogens is 4. The van der Waals surface area contributed by atoms with E-state index >= 15 is 0 Å². The van der Waals surface area contributed by atoms with Gasteiger partial charge in [-0.05, 0) is 37.5 Å². The molecule has 1 aromatic heterocycles. The Hall–Kier alpha value is -1.23. The molecule has 3 atom stereocenters. The molecule has 1 fully saturated rings. The van der Waals surface area contributed by atoms with E-state index in [0.717, 1.165) is 24.1 Å².